The van der Waals surface area contributed by atoms with E-state index in [0.29, 0.717) is 12.0 Å². The third-order valence-electron chi connectivity index (χ3n) is 6.12. The molecule has 158 valence electrons. The van der Waals surface area contributed by atoms with Crippen molar-refractivity contribution in [3.8, 4) is 0 Å². The van der Waals surface area contributed by atoms with Gasteiger partial charge in [-0.3, -0.25) is 4.99 Å². The summed E-state index contributed by atoms with van der Waals surface area (Å²) in [6.45, 7) is 4.78. The highest BCUT2D eigenvalue weighted by Crippen LogP contribution is 2.35. The zero-order chi connectivity index (χ0) is 19.2. The van der Waals surface area contributed by atoms with Crippen molar-refractivity contribution in [2.45, 2.75) is 64.0 Å². The fraction of sp³-hybridized carbons (Fsp3) is 0.591. The second-order valence-electron chi connectivity index (χ2n) is 8.09. The zero-order valence-corrected chi connectivity index (χ0v) is 19.6. The lowest BCUT2D eigenvalue weighted by Crippen LogP contribution is -2.47. The van der Waals surface area contributed by atoms with Crippen molar-refractivity contribution in [1.29, 1.82) is 0 Å². The molecule has 0 bridgehead atoms. The zero-order valence-electron chi connectivity index (χ0n) is 17.3. The van der Waals surface area contributed by atoms with Crippen LogP contribution in [0.15, 0.2) is 41.7 Å². The molecule has 1 fully saturated rings. The summed E-state index contributed by atoms with van der Waals surface area (Å²) < 4.78 is 2.01. The quantitative estimate of drug-likeness (QED) is 0.367. The Labute approximate surface area is 191 Å². The van der Waals surface area contributed by atoms with E-state index in [9.17, 15) is 0 Å². The Morgan fingerprint density at radius 2 is 1.93 bits per heavy atom. The van der Waals surface area contributed by atoms with E-state index in [0.717, 1.165) is 50.2 Å². The average Bonchev–Trinajstić information content (AvgIpc) is 3.21. The Balaban J connectivity index is 0.00000240. The molecule has 2 N–H and O–H groups in total. The van der Waals surface area contributed by atoms with Crippen LogP contribution in [0.3, 0.4) is 0 Å². The molecule has 1 atom stereocenters. The Morgan fingerprint density at radius 1 is 1.14 bits per heavy atom. The van der Waals surface area contributed by atoms with Gasteiger partial charge in [0.1, 0.15) is 12.2 Å². The van der Waals surface area contributed by atoms with Crippen LogP contribution in [0.25, 0.3) is 0 Å². The van der Waals surface area contributed by atoms with Gasteiger partial charge in [-0.2, -0.15) is 5.10 Å². The second-order valence-corrected chi connectivity index (χ2v) is 8.09. The number of guanidine groups is 1. The van der Waals surface area contributed by atoms with Crippen molar-refractivity contribution in [1.82, 2.24) is 25.4 Å². The first-order valence-corrected chi connectivity index (χ1v) is 10.8. The molecule has 7 heteroatoms. The minimum atomic E-state index is 0. The van der Waals surface area contributed by atoms with E-state index in [2.05, 4.69) is 58.0 Å². The number of fused-ring (bicyclic) bond motifs is 1. The van der Waals surface area contributed by atoms with Crippen molar-refractivity contribution in [2.24, 2.45) is 10.9 Å². The SMILES string of the molecule is CCNC(=NCC1CCC(c2ccccc2)CC1)NC1CCc2ncnn2C1.I. The van der Waals surface area contributed by atoms with Crippen molar-refractivity contribution in [2.75, 3.05) is 13.1 Å². The number of rotatable bonds is 5. The van der Waals surface area contributed by atoms with Crippen LogP contribution in [0.5, 0.6) is 0 Å². The van der Waals surface area contributed by atoms with Gasteiger partial charge in [0, 0.05) is 25.6 Å². The van der Waals surface area contributed by atoms with Crippen molar-refractivity contribution in [3.05, 3.63) is 48.0 Å². The number of aryl methyl sites for hydroxylation is 1. The first-order valence-electron chi connectivity index (χ1n) is 10.8. The smallest absolute Gasteiger partial charge is 0.191 e. The van der Waals surface area contributed by atoms with E-state index in [-0.39, 0.29) is 24.0 Å². The molecule has 4 rings (SSSR count). The highest BCUT2D eigenvalue weighted by atomic mass is 127. The number of hydrogen-bond donors (Lipinski definition) is 2. The molecule has 1 saturated carbocycles. The number of benzene rings is 1. The predicted molar refractivity (Wildman–Crippen MR) is 128 cm³/mol. The predicted octanol–water partition coefficient (Wildman–Crippen LogP) is 3.74. The molecule has 0 saturated heterocycles. The third kappa shape index (κ3) is 5.93. The minimum absolute atomic E-state index is 0. The van der Waals surface area contributed by atoms with Crippen LogP contribution in [0.4, 0.5) is 0 Å². The van der Waals surface area contributed by atoms with Gasteiger partial charge in [0.05, 0.1) is 6.54 Å². The highest BCUT2D eigenvalue weighted by molar-refractivity contribution is 14.0. The molecule has 1 aliphatic carbocycles. The Kier molecular flexibility index (Phi) is 8.32. The summed E-state index contributed by atoms with van der Waals surface area (Å²) >= 11 is 0. The topological polar surface area (TPSA) is 67.1 Å². The van der Waals surface area contributed by atoms with Crippen LogP contribution < -0.4 is 10.6 Å². The van der Waals surface area contributed by atoms with Gasteiger partial charge in [-0.15, -0.1) is 24.0 Å². The summed E-state index contributed by atoms with van der Waals surface area (Å²) in [5, 5.41) is 11.3. The minimum Gasteiger partial charge on any atom is -0.357 e. The van der Waals surface area contributed by atoms with Crippen molar-refractivity contribution in [3.63, 3.8) is 0 Å². The van der Waals surface area contributed by atoms with Gasteiger partial charge in [-0.05, 0) is 56.4 Å². The maximum Gasteiger partial charge on any atom is 0.191 e. The van der Waals surface area contributed by atoms with Crippen LogP contribution >= 0.6 is 24.0 Å². The first kappa shape index (κ1) is 22.1. The molecular weight excluding hydrogens is 475 g/mol. The maximum absolute atomic E-state index is 4.92. The molecule has 2 heterocycles. The number of aromatic nitrogens is 3. The number of nitrogens with zero attached hydrogens (tertiary/aromatic N) is 4. The van der Waals surface area contributed by atoms with E-state index in [4.69, 9.17) is 4.99 Å². The lowest BCUT2D eigenvalue weighted by molar-refractivity contribution is 0.332. The molecule has 6 nitrogen and oxygen atoms in total. The summed E-state index contributed by atoms with van der Waals surface area (Å²) in [4.78, 5) is 9.23. The fourth-order valence-corrected chi connectivity index (χ4v) is 4.49. The van der Waals surface area contributed by atoms with Gasteiger partial charge in [0.2, 0.25) is 0 Å². The van der Waals surface area contributed by atoms with E-state index in [1.54, 1.807) is 6.33 Å². The Morgan fingerprint density at radius 3 is 2.69 bits per heavy atom. The molecule has 1 aliphatic heterocycles. The second kappa shape index (κ2) is 10.9. The normalized spacial score (nSPS) is 24.3. The number of aliphatic imine (C=N–C) groups is 1. The molecular formula is C22H33IN6. The van der Waals surface area contributed by atoms with Gasteiger partial charge in [-0.1, -0.05) is 30.3 Å². The lowest BCUT2D eigenvalue weighted by atomic mass is 9.79. The van der Waals surface area contributed by atoms with Gasteiger partial charge in [0.25, 0.3) is 0 Å². The summed E-state index contributed by atoms with van der Waals surface area (Å²) in [6.07, 6.45) is 8.81. The third-order valence-corrected chi connectivity index (χ3v) is 6.12. The number of hydrogen-bond acceptors (Lipinski definition) is 3. The average molecular weight is 508 g/mol. The van der Waals surface area contributed by atoms with Gasteiger partial charge >= 0.3 is 0 Å². The van der Waals surface area contributed by atoms with Crippen LogP contribution in [0, 0.1) is 5.92 Å². The summed E-state index contributed by atoms with van der Waals surface area (Å²) in [5.41, 5.74) is 1.50. The highest BCUT2D eigenvalue weighted by Gasteiger charge is 2.23. The molecule has 2 aromatic rings. The van der Waals surface area contributed by atoms with Crippen LogP contribution in [-0.4, -0.2) is 39.9 Å². The first-order chi connectivity index (χ1) is 13.8. The van der Waals surface area contributed by atoms with E-state index >= 15 is 0 Å². The summed E-state index contributed by atoms with van der Waals surface area (Å²) in [5.74, 6) is 3.46. The molecule has 2 aliphatic rings. The van der Waals surface area contributed by atoms with Gasteiger partial charge in [0.15, 0.2) is 5.96 Å². The molecule has 0 radical (unpaired) electrons. The standard InChI is InChI=1S/C22H32N6.HI/c1-2-23-22(27-20-12-13-21-25-16-26-28(21)15-20)24-14-17-8-10-19(11-9-17)18-6-4-3-5-7-18;/h3-7,16-17,19-20H,2,8-15H2,1H3,(H2,23,24,27);1H. The van der Waals surface area contributed by atoms with Crippen LogP contribution in [-0.2, 0) is 13.0 Å². The van der Waals surface area contributed by atoms with Crippen molar-refractivity contribution >= 4 is 29.9 Å². The van der Waals surface area contributed by atoms with Gasteiger partial charge in [-0.25, -0.2) is 9.67 Å². The molecule has 0 spiro atoms. The van der Waals surface area contributed by atoms with Crippen LogP contribution in [0.1, 0.15) is 56.3 Å². The Bertz CT molecular complexity index is 767. The van der Waals surface area contributed by atoms with Crippen LogP contribution in [0.2, 0.25) is 0 Å². The largest absolute Gasteiger partial charge is 0.357 e. The maximum atomic E-state index is 4.92. The number of nitrogens with one attached hydrogen (secondary N) is 2. The van der Waals surface area contributed by atoms with E-state index in [1.165, 1.54) is 31.2 Å². The number of halogens is 1. The molecule has 1 unspecified atom stereocenters. The summed E-state index contributed by atoms with van der Waals surface area (Å²) in [6, 6.07) is 11.3. The molecule has 1 aromatic carbocycles. The van der Waals surface area contributed by atoms with E-state index < -0.39 is 0 Å². The molecule has 29 heavy (non-hydrogen) atoms. The summed E-state index contributed by atoms with van der Waals surface area (Å²) in [7, 11) is 0. The lowest BCUT2D eigenvalue weighted by Gasteiger charge is -2.29. The van der Waals surface area contributed by atoms with Crippen molar-refractivity contribution < 1.29 is 0 Å². The molecule has 1 aromatic heterocycles. The fourth-order valence-electron chi connectivity index (χ4n) is 4.49. The monoisotopic (exact) mass is 508 g/mol. The van der Waals surface area contributed by atoms with Gasteiger partial charge < -0.3 is 10.6 Å². The Hall–Kier alpha value is -1.64. The van der Waals surface area contributed by atoms with E-state index in [1.807, 2.05) is 4.68 Å². The molecule has 0 amide bonds.